The Labute approximate surface area is 164 Å². The van der Waals surface area contributed by atoms with E-state index in [0.29, 0.717) is 0 Å². The highest BCUT2D eigenvalue weighted by Gasteiger charge is 2.23. The van der Waals surface area contributed by atoms with Gasteiger partial charge in [-0.05, 0) is 25.1 Å². The number of ether oxygens (including phenoxy) is 1. The number of hydrogen-bond acceptors (Lipinski definition) is 6. The van der Waals surface area contributed by atoms with E-state index in [1.54, 1.807) is 0 Å². The van der Waals surface area contributed by atoms with Gasteiger partial charge in [-0.15, -0.1) is 0 Å². The van der Waals surface area contributed by atoms with Crippen LogP contribution in [0.3, 0.4) is 0 Å². The number of aryl methyl sites for hydroxylation is 1. The largest absolute Gasteiger partial charge is 0.452 e. The molecule has 0 saturated carbocycles. The predicted molar refractivity (Wildman–Crippen MR) is 100 cm³/mol. The number of anilines is 3. The van der Waals surface area contributed by atoms with Crippen molar-refractivity contribution in [2.24, 2.45) is 0 Å². The fraction of sp³-hybridized carbons (Fsp3) is 0.158. The van der Waals surface area contributed by atoms with E-state index in [2.05, 4.69) is 30.3 Å². The number of halogens is 3. The van der Waals surface area contributed by atoms with E-state index < -0.39 is 18.7 Å². The number of carbonyl (C=O) groups is 1. The van der Waals surface area contributed by atoms with Gasteiger partial charge in [0.15, 0.2) is 0 Å². The van der Waals surface area contributed by atoms with Crippen molar-refractivity contribution in [1.82, 2.24) is 15.0 Å². The van der Waals surface area contributed by atoms with Crippen LogP contribution in [0.1, 0.15) is 16.1 Å². The van der Waals surface area contributed by atoms with Crippen LogP contribution in [0.25, 0.3) is 0 Å². The van der Waals surface area contributed by atoms with E-state index in [-0.39, 0.29) is 23.1 Å². The van der Waals surface area contributed by atoms with Gasteiger partial charge in [-0.25, -0.2) is 18.7 Å². The number of hydrogen-bond donors (Lipinski definition) is 2. The van der Waals surface area contributed by atoms with Gasteiger partial charge >= 0.3 is 6.43 Å². The Hall–Kier alpha value is -3.69. The normalized spacial score (nSPS) is 11.8. The molecule has 2 aromatic heterocycles. The van der Waals surface area contributed by atoms with Gasteiger partial charge in [0, 0.05) is 24.1 Å². The number of rotatable bonds is 7. The van der Waals surface area contributed by atoms with Crippen LogP contribution in [0.5, 0.6) is 5.75 Å². The zero-order valence-electron chi connectivity index (χ0n) is 15.1. The molecule has 1 amide bonds. The molecule has 0 aliphatic heterocycles. The first kappa shape index (κ1) is 20.1. The highest BCUT2D eigenvalue weighted by atomic mass is 19.3. The molecule has 1 unspecified atom stereocenters. The van der Waals surface area contributed by atoms with E-state index in [4.69, 9.17) is 0 Å². The zero-order valence-corrected chi connectivity index (χ0v) is 15.1. The molecule has 1 aromatic carbocycles. The number of aromatic nitrogens is 3. The van der Waals surface area contributed by atoms with E-state index in [0.717, 1.165) is 23.5 Å². The topological polar surface area (TPSA) is 89.0 Å². The number of nitrogens with one attached hydrogen (secondary N) is 2. The second kappa shape index (κ2) is 9.00. The van der Waals surface area contributed by atoms with Crippen LogP contribution in [0.2, 0.25) is 0 Å². The molecule has 150 valence electrons. The van der Waals surface area contributed by atoms with Gasteiger partial charge in [0.1, 0.15) is 17.1 Å². The minimum Gasteiger partial charge on any atom is -0.452 e. The number of pyridine rings is 1. The molecule has 0 spiro atoms. The van der Waals surface area contributed by atoms with Crippen molar-refractivity contribution in [3.63, 3.8) is 0 Å². The molecule has 0 fully saturated rings. The van der Waals surface area contributed by atoms with Crippen LogP contribution >= 0.6 is 0 Å². The molecule has 0 saturated heterocycles. The molecule has 0 aliphatic rings. The van der Waals surface area contributed by atoms with Crippen molar-refractivity contribution in [2.75, 3.05) is 10.6 Å². The van der Waals surface area contributed by atoms with Crippen LogP contribution in [0.15, 0.2) is 55.0 Å². The summed E-state index contributed by atoms with van der Waals surface area (Å²) in [5.41, 5.74) is 1.74. The number of benzene rings is 1. The average molecular weight is 403 g/mol. The third-order valence-electron chi connectivity index (χ3n) is 3.66. The monoisotopic (exact) mass is 403 g/mol. The molecule has 10 heteroatoms. The summed E-state index contributed by atoms with van der Waals surface area (Å²) in [6, 6.07) is 10.0. The summed E-state index contributed by atoms with van der Waals surface area (Å²) in [6.45, 7) is 1.95. The van der Waals surface area contributed by atoms with Gasteiger partial charge in [0.25, 0.3) is 12.3 Å². The summed E-state index contributed by atoms with van der Waals surface area (Å²) in [5, 5.41) is 5.38. The Morgan fingerprint density at radius 1 is 1.07 bits per heavy atom. The number of carbonyl (C=O) groups excluding carboxylic acids is 1. The smallest absolute Gasteiger partial charge is 0.304 e. The molecule has 0 radical (unpaired) electrons. The Kier molecular flexibility index (Phi) is 6.22. The van der Waals surface area contributed by atoms with Gasteiger partial charge in [0.05, 0.1) is 6.20 Å². The summed E-state index contributed by atoms with van der Waals surface area (Å²) < 4.78 is 42.5. The van der Waals surface area contributed by atoms with Crippen molar-refractivity contribution >= 4 is 23.2 Å². The molecule has 3 aromatic rings. The molecular weight excluding hydrogens is 387 g/mol. The maximum absolute atomic E-state index is 13.2. The molecule has 2 heterocycles. The van der Waals surface area contributed by atoms with Crippen LogP contribution in [-0.2, 0) is 0 Å². The number of amides is 1. The molecule has 29 heavy (non-hydrogen) atoms. The standard InChI is InChI=1S/C19H16F3N5O2/c1-11-2-4-12(5-3-11)25-19-24-9-6-13(27-19)18(28)26-14-10-23-8-7-15(14)29-17(22)16(20)21/h2-10,16-17H,1H3,(H,26,28)(H,24,25,27). The van der Waals surface area contributed by atoms with Crippen molar-refractivity contribution in [3.05, 3.63) is 66.2 Å². The second-order valence-electron chi connectivity index (χ2n) is 5.89. The lowest BCUT2D eigenvalue weighted by atomic mass is 10.2. The molecule has 2 N–H and O–H groups in total. The van der Waals surface area contributed by atoms with Crippen LogP contribution in [-0.4, -0.2) is 33.6 Å². The maximum Gasteiger partial charge on any atom is 0.304 e. The van der Waals surface area contributed by atoms with Gasteiger partial charge in [-0.3, -0.25) is 9.78 Å². The summed E-state index contributed by atoms with van der Waals surface area (Å²) in [5.74, 6) is -0.774. The SMILES string of the molecule is Cc1ccc(Nc2nccc(C(=O)Nc3cnccc3OC(F)C(F)F)n2)cc1. The zero-order chi connectivity index (χ0) is 20.8. The number of nitrogens with zero attached hydrogens (tertiary/aromatic N) is 3. The quantitative estimate of drug-likeness (QED) is 0.617. The molecule has 1 atom stereocenters. The Balaban J connectivity index is 1.74. The number of alkyl halides is 3. The summed E-state index contributed by atoms with van der Waals surface area (Å²) in [6.07, 6.45) is -2.41. The van der Waals surface area contributed by atoms with Crippen molar-refractivity contribution in [3.8, 4) is 5.75 Å². The lowest BCUT2D eigenvalue weighted by Crippen LogP contribution is -2.21. The highest BCUT2D eigenvalue weighted by Crippen LogP contribution is 2.26. The van der Waals surface area contributed by atoms with Gasteiger partial charge in [-0.1, -0.05) is 17.7 Å². The first-order valence-corrected chi connectivity index (χ1v) is 8.43. The molecule has 0 bridgehead atoms. The van der Waals surface area contributed by atoms with E-state index in [9.17, 15) is 18.0 Å². The van der Waals surface area contributed by atoms with Gasteiger partial charge in [-0.2, -0.15) is 4.39 Å². The van der Waals surface area contributed by atoms with Crippen LogP contribution in [0, 0.1) is 6.92 Å². The van der Waals surface area contributed by atoms with Crippen LogP contribution in [0.4, 0.5) is 30.5 Å². The fourth-order valence-corrected chi connectivity index (χ4v) is 2.25. The molecule has 0 aliphatic carbocycles. The van der Waals surface area contributed by atoms with Crippen molar-refractivity contribution in [1.29, 1.82) is 0 Å². The van der Waals surface area contributed by atoms with E-state index >= 15 is 0 Å². The van der Waals surface area contributed by atoms with Gasteiger partial charge < -0.3 is 15.4 Å². The minimum absolute atomic E-state index is 0.00456. The third kappa shape index (κ3) is 5.41. The molecular formula is C19H16F3N5O2. The van der Waals surface area contributed by atoms with Crippen molar-refractivity contribution in [2.45, 2.75) is 19.7 Å². The van der Waals surface area contributed by atoms with Crippen molar-refractivity contribution < 1.29 is 22.7 Å². The predicted octanol–water partition coefficient (Wildman–Crippen LogP) is 4.12. The summed E-state index contributed by atoms with van der Waals surface area (Å²) in [4.78, 5) is 24.4. The van der Waals surface area contributed by atoms with E-state index in [1.807, 2.05) is 31.2 Å². The maximum atomic E-state index is 13.2. The second-order valence-corrected chi connectivity index (χ2v) is 5.89. The average Bonchev–Trinajstić information content (AvgIpc) is 2.71. The van der Waals surface area contributed by atoms with Gasteiger partial charge in [0.2, 0.25) is 5.95 Å². The van der Waals surface area contributed by atoms with Crippen LogP contribution < -0.4 is 15.4 Å². The molecule has 7 nitrogen and oxygen atoms in total. The summed E-state index contributed by atoms with van der Waals surface area (Å²) >= 11 is 0. The first-order chi connectivity index (χ1) is 13.9. The lowest BCUT2D eigenvalue weighted by Gasteiger charge is -2.14. The summed E-state index contributed by atoms with van der Waals surface area (Å²) in [7, 11) is 0. The third-order valence-corrected chi connectivity index (χ3v) is 3.66. The Bertz CT molecular complexity index is 986. The Morgan fingerprint density at radius 3 is 2.55 bits per heavy atom. The minimum atomic E-state index is -3.33. The van der Waals surface area contributed by atoms with E-state index in [1.165, 1.54) is 18.5 Å². The highest BCUT2D eigenvalue weighted by molar-refractivity contribution is 6.03. The Morgan fingerprint density at radius 2 is 1.83 bits per heavy atom. The fourth-order valence-electron chi connectivity index (χ4n) is 2.25. The first-order valence-electron chi connectivity index (χ1n) is 8.43. The molecule has 3 rings (SSSR count). The lowest BCUT2D eigenvalue weighted by molar-refractivity contribution is -0.0665.